The minimum absolute atomic E-state index is 0. The molecule has 0 N–H and O–H groups in total. The van der Waals surface area contributed by atoms with E-state index in [1.54, 1.807) is 5.56 Å². The minimum Gasteiger partial charge on any atom is -0.214 e. The molecule has 1 aliphatic rings. The molecule has 0 atom stereocenters. The van der Waals surface area contributed by atoms with E-state index in [0.717, 1.165) is 17.0 Å². The Balaban J connectivity index is 0.000000223. The molecule has 0 bridgehead atoms. The normalized spacial score (nSPS) is 12.4. The Bertz CT molecular complexity index is 785. The molecule has 4 aromatic rings. The van der Waals surface area contributed by atoms with Gasteiger partial charge in [-0.3, -0.25) is 0 Å². The van der Waals surface area contributed by atoms with Gasteiger partial charge in [0.1, 0.15) is 0 Å². The van der Waals surface area contributed by atoms with E-state index in [9.17, 15) is 0 Å². The molecule has 0 aliphatic heterocycles. The molecular weight excluding hydrogens is 464 g/mol. The Morgan fingerprint density at radius 3 is 1.47 bits per heavy atom. The molecule has 0 spiro atoms. The Kier molecular flexibility index (Phi) is 15.9. The van der Waals surface area contributed by atoms with Crippen molar-refractivity contribution in [2.45, 2.75) is 38.5 Å². The number of hydrogen-bond donors (Lipinski definition) is 0. The molecule has 1 fully saturated rings. The monoisotopic (exact) mass is 498 g/mol. The van der Waals surface area contributed by atoms with Gasteiger partial charge in [0.15, 0.2) is 0 Å². The van der Waals surface area contributed by atoms with Crippen LogP contribution in [-0.4, -0.2) is 0 Å². The van der Waals surface area contributed by atoms with Gasteiger partial charge in [-0.15, -0.1) is 24.3 Å². The third-order valence-electron chi connectivity index (χ3n) is 5.22. The zero-order valence-corrected chi connectivity index (χ0v) is 21.7. The van der Waals surface area contributed by atoms with Crippen LogP contribution in [0.3, 0.4) is 0 Å². The summed E-state index contributed by atoms with van der Waals surface area (Å²) in [5.74, 6) is 0.987. The first-order chi connectivity index (χ1) is 15.2. The average Bonchev–Trinajstić information content (AvgIpc) is 3.54. The molecule has 0 saturated heterocycles. The van der Waals surface area contributed by atoms with Gasteiger partial charge in [0.05, 0.1) is 0 Å². The Labute approximate surface area is 215 Å². The molecule has 164 valence electrons. The molecule has 1 aliphatic carbocycles. The largest absolute Gasteiger partial charge is 4.00 e. The van der Waals surface area contributed by atoms with Crippen LogP contribution in [-0.2, 0) is 32.6 Å². The molecule has 0 unspecified atom stereocenters. The molecular formula is C31H36Zr. The van der Waals surface area contributed by atoms with Crippen molar-refractivity contribution in [3.8, 4) is 0 Å². The van der Waals surface area contributed by atoms with Gasteiger partial charge in [-0.1, -0.05) is 50.7 Å². The van der Waals surface area contributed by atoms with Crippen molar-refractivity contribution >= 4 is 0 Å². The summed E-state index contributed by atoms with van der Waals surface area (Å²) in [7, 11) is 0. The van der Waals surface area contributed by atoms with Crippen molar-refractivity contribution in [1.82, 2.24) is 0 Å². The van der Waals surface area contributed by atoms with Gasteiger partial charge < -0.3 is 0 Å². The van der Waals surface area contributed by atoms with Crippen LogP contribution in [0.4, 0.5) is 0 Å². The van der Waals surface area contributed by atoms with E-state index in [1.165, 1.54) is 38.5 Å². The zero-order chi connectivity index (χ0) is 22.0. The second kappa shape index (κ2) is 18.3. The van der Waals surface area contributed by atoms with Crippen molar-refractivity contribution in [3.05, 3.63) is 146 Å². The van der Waals surface area contributed by atoms with Gasteiger partial charge in [0.2, 0.25) is 0 Å². The SMILES string of the molecule is [CH2-]c1ccccc1.[CH2-]c1ccccc1.[Zr+4].c1cc[c-](CC2CCCCC2)c1.c1cc[cH-]c1. The third kappa shape index (κ3) is 13.9. The maximum absolute atomic E-state index is 3.72. The first-order valence-electron chi connectivity index (χ1n) is 11.4. The van der Waals surface area contributed by atoms with E-state index in [0.29, 0.717) is 0 Å². The molecule has 5 rings (SSSR count). The Morgan fingerprint density at radius 2 is 1.12 bits per heavy atom. The predicted octanol–water partition coefficient (Wildman–Crippen LogP) is 8.67. The summed E-state index contributed by atoms with van der Waals surface area (Å²) in [6, 6.07) is 38.6. The molecule has 4 aromatic carbocycles. The minimum atomic E-state index is 0. The average molecular weight is 500 g/mol. The van der Waals surface area contributed by atoms with Crippen LogP contribution in [0, 0.1) is 19.8 Å². The first kappa shape index (κ1) is 27.8. The van der Waals surface area contributed by atoms with Crippen LogP contribution in [0.15, 0.2) is 115 Å². The summed E-state index contributed by atoms with van der Waals surface area (Å²) in [6.07, 6.45) is 8.65. The summed E-state index contributed by atoms with van der Waals surface area (Å²) in [4.78, 5) is 0. The topological polar surface area (TPSA) is 0 Å². The van der Waals surface area contributed by atoms with E-state index >= 15 is 0 Å². The predicted molar refractivity (Wildman–Crippen MR) is 136 cm³/mol. The van der Waals surface area contributed by atoms with Crippen molar-refractivity contribution in [1.29, 1.82) is 0 Å². The summed E-state index contributed by atoms with van der Waals surface area (Å²) >= 11 is 0. The van der Waals surface area contributed by atoms with Gasteiger partial charge in [-0.05, 0) is 5.92 Å². The van der Waals surface area contributed by atoms with Gasteiger partial charge in [0.25, 0.3) is 0 Å². The van der Waals surface area contributed by atoms with E-state index in [1.807, 2.05) is 91.0 Å². The quantitative estimate of drug-likeness (QED) is 0.242. The molecule has 0 amide bonds. The summed E-state index contributed by atoms with van der Waals surface area (Å²) in [5.41, 5.74) is 3.69. The van der Waals surface area contributed by atoms with Gasteiger partial charge >= 0.3 is 26.2 Å². The zero-order valence-electron chi connectivity index (χ0n) is 19.2. The maximum Gasteiger partial charge on any atom is 4.00 e. The van der Waals surface area contributed by atoms with Crippen molar-refractivity contribution in [2.24, 2.45) is 5.92 Å². The fraction of sp³-hybridized carbons (Fsp3) is 0.226. The first-order valence-corrected chi connectivity index (χ1v) is 11.4. The fourth-order valence-electron chi connectivity index (χ4n) is 3.55. The number of hydrogen-bond acceptors (Lipinski definition) is 0. The second-order valence-corrected chi connectivity index (χ2v) is 7.93. The van der Waals surface area contributed by atoms with E-state index in [2.05, 4.69) is 38.1 Å². The van der Waals surface area contributed by atoms with Gasteiger partial charge in [-0.2, -0.15) is 85.1 Å². The van der Waals surface area contributed by atoms with Crippen molar-refractivity contribution in [2.75, 3.05) is 0 Å². The van der Waals surface area contributed by atoms with Crippen LogP contribution in [0.2, 0.25) is 0 Å². The summed E-state index contributed by atoms with van der Waals surface area (Å²) < 4.78 is 0. The standard InChI is InChI=1S/C12H17.2C7H7.C5H5.Zr/c1-2-6-11(7-3-1)10-12-8-4-5-9-12;2*1-7-5-3-2-4-6-7;1-2-4-5-3-1;/h4-5,8-9,11H,1-3,6-7,10H2;2*2-6H,1H2;1-5H;/q4*-1;+4. The van der Waals surface area contributed by atoms with Crippen molar-refractivity contribution in [3.63, 3.8) is 0 Å². The molecule has 1 heteroatoms. The Morgan fingerprint density at radius 1 is 0.656 bits per heavy atom. The summed E-state index contributed by atoms with van der Waals surface area (Å²) in [6.45, 7) is 7.44. The maximum atomic E-state index is 3.72. The number of rotatable bonds is 2. The Hall–Kier alpha value is -2.24. The van der Waals surface area contributed by atoms with Crippen LogP contribution in [0.1, 0.15) is 48.8 Å². The van der Waals surface area contributed by atoms with E-state index in [-0.39, 0.29) is 26.2 Å². The van der Waals surface area contributed by atoms with E-state index < -0.39 is 0 Å². The van der Waals surface area contributed by atoms with Gasteiger partial charge in [-0.25, -0.2) is 24.3 Å². The molecule has 32 heavy (non-hydrogen) atoms. The fourth-order valence-corrected chi connectivity index (χ4v) is 3.55. The molecule has 0 radical (unpaired) electrons. The second-order valence-electron chi connectivity index (χ2n) is 7.93. The smallest absolute Gasteiger partial charge is 0.214 e. The number of benzene rings is 2. The summed E-state index contributed by atoms with van der Waals surface area (Å²) in [5, 5.41) is 0. The molecule has 0 aromatic heterocycles. The van der Waals surface area contributed by atoms with Gasteiger partial charge in [0, 0.05) is 0 Å². The third-order valence-corrected chi connectivity index (χ3v) is 5.22. The molecule has 1 saturated carbocycles. The van der Waals surface area contributed by atoms with Crippen LogP contribution in [0.25, 0.3) is 0 Å². The van der Waals surface area contributed by atoms with Crippen LogP contribution >= 0.6 is 0 Å². The van der Waals surface area contributed by atoms with E-state index in [4.69, 9.17) is 0 Å². The van der Waals surface area contributed by atoms with Crippen molar-refractivity contribution < 1.29 is 26.2 Å². The van der Waals surface area contributed by atoms with Crippen LogP contribution in [0.5, 0.6) is 0 Å². The molecule has 0 heterocycles. The van der Waals surface area contributed by atoms with Crippen LogP contribution < -0.4 is 0 Å². The molecule has 0 nitrogen and oxygen atoms in total.